The van der Waals surface area contributed by atoms with E-state index in [4.69, 9.17) is 9.26 Å². The van der Waals surface area contributed by atoms with Crippen molar-refractivity contribution in [2.24, 2.45) is 7.05 Å². The van der Waals surface area contributed by atoms with Gasteiger partial charge in [-0.25, -0.2) is 4.79 Å². The average Bonchev–Trinajstić information content (AvgIpc) is 3.22. The van der Waals surface area contributed by atoms with Crippen LogP contribution in [-0.4, -0.2) is 33.4 Å². The summed E-state index contributed by atoms with van der Waals surface area (Å²) in [4.78, 5) is 25.2. The van der Waals surface area contributed by atoms with E-state index < -0.39 is 11.9 Å². The Bertz CT molecular complexity index is 995. The highest BCUT2D eigenvalue weighted by Gasteiger charge is 2.16. The maximum Gasteiger partial charge on any atom is 0.339 e. The molecular weight excluding hydrogens is 380 g/mol. The lowest BCUT2D eigenvalue weighted by molar-refractivity contribution is -0.119. The molecule has 8 nitrogen and oxygen atoms in total. The van der Waals surface area contributed by atoms with E-state index in [-0.39, 0.29) is 6.61 Å². The molecule has 0 saturated carbocycles. The maximum atomic E-state index is 12.4. The second kappa shape index (κ2) is 8.75. The van der Waals surface area contributed by atoms with Gasteiger partial charge in [0.15, 0.2) is 6.61 Å². The molecule has 3 rings (SSSR count). The van der Waals surface area contributed by atoms with Gasteiger partial charge in [0.05, 0.1) is 22.7 Å². The molecule has 0 unspecified atom stereocenters. The summed E-state index contributed by atoms with van der Waals surface area (Å²) in [5, 5.41) is 10.7. The Kier molecular flexibility index (Phi) is 6.15. The van der Waals surface area contributed by atoms with Gasteiger partial charge in [0.25, 0.3) is 5.91 Å². The van der Waals surface area contributed by atoms with Crippen LogP contribution in [0.2, 0.25) is 0 Å². The number of anilines is 1. The van der Waals surface area contributed by atoms with Crippen molar-refractivity contribution in [2.45, 2.75) is 24.5 Å². The molecule has 0 aliphatic carbocycles. The smallest absolute Gasteiger partial charge is 0.339 e. The summed E-state index contributed by atoms with van der Waals surface area (Å²) in [5.74, 6) is 0.797. The van der Waals surface area contributed by atoms with Crippen LogP contribution in [0, 0.1) is 13.8 Å². The molecule has 28 heavy (non-hydrogen) atoms. The molecule has 0 saturated heterocycles. The number of ether oxygens (including phenoxy) is 1. The predicted octanol–water partition coefficient (Wildman–Crippen LogP) is 3.11. The van der Waals surface area contributed by atoms with Gasteiger partial charge in [-0.3, -0.25) is 9.48 Å². The third-order valence-electron chi connectivity index (χ3n) is 3.76. The van der Waals surface area contributed by atoms with Crippen molar-refractivity contribution in [1.82, 2.24) is 14.9 Å². The number of hydrogen-bond donors (Lipinski definition) is 1. The van der Waals surface area contributed by atoms with Crippen LogP contribution in [0.25, 0.3) is 0 Å². The molecule has 146 valence electrons. The second-order valence-corrected chi connectivity index (χ2v) is 7.16. The first kappa shape index (κ1) is 19.7. The topological polar surface area (TPSA) is 99.2 Å². The molecule has 1 N–H and O–H groups in total. The van der Waals surface area contributed by atoms with Crippen molar-refractivity contribution < 1.29 is 18.8 Å². The molecule has 0 radical (unpaired) electrons. The SMILES string of the molecule is Cc1cc(CSc2ccccc2C(=O)OCC(=O)Nc2cc(C)nn2C)on1. The first-order valence-electron chi connectivity index (χ1n) is 8.54. The number of hydrogen-bond acceptors (Lipinski definition) is 7. The number of amides is 1. The molecule has 1 aromatic carbocycles. The Morgan fingerprint density at radius 1 is 1.21 bits per heavy atom. The number of benzene rings is 1. The lowest BCUT2D eigenvalue weighted by atomic mass is 10.2. The normalized spacial score (nSPS) is 10.7. The molecule has 0 fully saturated rings. The Hall–Kier alpha value is -3.07. The number of thioether (sulfide) groups is 1. The van der Waals surface area contributed by atoms with Gasteiger partial charge >= 0.3 is 5.97 Å². The number of rotatable bonds is 7. The number of carbonyl (C=O) groups is 2. The molecule has 0 aliphatic heterocycles. The molecular formula is C19H20N4O4S. The van der Waals surface area contributed by atoms with E-state index in [9.17, 15) is 9.59 Å². The summed E-state index contributed by atoms with van der Waals surface area (Å²) in [6.07, 6.45) is 0. The third-order valence-corrected chi connectivity index (χ3v) is 4.85. The molecule has 2 aromatic heterocycles. The summed E-state index contributed by atoms with van der Waals surface area (Å²) < 4.78 is 11.9. The number of nitrogens with one attached hydrogen (secondary N) is 1. The van der Waals surface area contributed by atoms with E-state index in [0.29, 0.717) is 17.1 Å². The Labute approximate surface area is 166 Å². The fourth-order valence-corrected chi connectivity index (χ4v) is 3.43. The van der Waals surface area contributed by atoms with Crippen LogP contribution in [-0.2, 0) is 22.3 Å². The zero-order valence-corrected chi connectivity index (χ0v) is 16.6. The fraction of sp³-hybridized carbons (Fsp3) is 0.263. The maximum absolute atomic E-state index is 12.4. The van der Waals surface area contributed by atoms with Crippen molar-refractivity contribution in [3.63, 3.8) is 0 Å². The van der Waals surface area contributed by atoms with E-state index in [2.05, 4.69) is 15.6 Å². The molecule has 1 amide bonds. The number of esters is 1. The number of nitrogens with zero attached hydrogens (tertiary/aromatic N) is 3. The van der Waals surface area contributed by atoms with Crippen molar-refractivity contribution in [1.29, 1.82) is 0 Å². The predicted molar refractivity (Wildman–Crippen MR) is 104 cm³/mol. The first-order chi connectivity index (χ1) is 13.4. The van der Waals surface area contributed by atoms with Crippen LogP contribution in [0.4, 0.5) is 5.82 Å². The van der Waals surface area contributed by atoms with Crippen molar-refractivity contribution in [3.05, 3.63) is 59.1 Å². The summed E-state index contributed by atoms with van der Waals surface area (Å²) >= 11 is 1.44. The van der Waals surface area contributed by atoms with Crippen LogP contribution < -0.4 is 5.32 Å². The van der Waals surface area contributed by atoms with Gasteiger partial charge in [-0.05, 0) is 26.0 Å². The monoisotopic (exact) mass is 400 g/mol. The fourth-order valence-electron chi connectivity index (χ4n) is 2.51. The zero-order chi connectivity index (χ0) is 20.1. The zero-order valence-electron chi connectivity index (χ0n) is 15.8. The van der Waals surface area contributed by atoms with Crippen LogP contribution in [0.15, 0.2) is 45.8 Å². The van der Waals surface area contributed by atoms with E-state index in [0.717, 1.165) is 22.0 Å². The van der Waals surface area contributed by atoms with Gasteiger partial charge in [0.2, 0.25) is 0 Å². The van der Waals surface area contributed by atoms with Crippen molar-refractivity contribution >= 4 is 29.5 Å². The van der Waals surface area contributed by atoms with Gasteiger partial charge in [-0.15, -0.1) is 11.8 Å². The third kappa shape index (κ3) is 5.01. The quantitative estimate of drug-likeness (QED) is 0.480. The first-order valence-corrected chi connectivity index (χ1v) is 9.52. The molecule has 0 aliphatic rings. The van der Waals surface area contributed by atoms with Gasteiger partial charge in [-0.2, -0.15) is 5.10 Å². The molecule has 2 heterocycles. The average molecular weight is 400 g/mol. The highest BCUT2D eigenvalue weighted by molar-refractivity contribution is 7.98. The highest BCUT2D eigenvalue weighted by atomic mass is 32.2. The summed E-state index contributed by atoms with van der Waals surface area (Å²) in [6.45, 7) is 3.29. The lowest BCUT2D eigenvalue weighted by Gasteiger charge is -2.09. The summed E-state index contributed by atoms with van der Waals surface area (Å²) in [5.41, 5.74) is 1.98. The van der Waals surface area contributed by atoms with E-state index in [1.807, 2.05) is 32.0 Å². The molecule has 3 aromatic rings. The van der Waals surface area contributed by atoms with E-state index in [1.54, 1.807) is 29.9 Å². The van der Waals surface area contributed by atoms with Crippen LogP contribution in [0.3, 0.4) is 0 Å². The van der Waals surface area contributed by atoms with Gasteiger partial charge in [0, 0.05) is 24.1 Å². The Morgan fingerprint density at radius 3 is 2.68 bits per heavy atom. The summed E-state index contributed by atoms with van der Waals surface area (Å²) in [7, 11) is 1.72. The number of carbonyl (C=O) groups excluding carboxylic acids is 2. The standard InChI is InChI=1S/C19H20N4O4S/c1-12-9-17(23(3)21-12)20-18(24)10-26-19(25)15-6-4-5-7-16(15)28-11-14-8-13(2)22-27-14/h4-9H,10-11H2,1-3H3,(H,20,24). The van der Waals surface area contributed by atoms with Crippen LogP contribution >= 0.6 is 11.8 Å². The largest absolute Gasteiger partial charge is 0.452 e. The van der Waals surface area contributed by atoms with Gasteiger partial charge < -0.3 is 14.6 Å². The van der Waals surface area contributed by atoms with Crippen LogP contribution in [0.5, 0.6) is 0 Å². The van der Waals surface area contributed by atoms with Gasteiger partial charge in [0.1, 0.15) is 11.6 Å². The lowest BCUT2D eigenvalue weighted by Crippen LogP contribution is -2.22. The molecule has 0 bridgehead atoms. The minimum absolute atomic E-state index is 0.386. The Morgan fingerprint density at radius 2 is 2.00 bits per heavy atom. The Balaban J connectivity index is 1.58. The highest BCUT2D eigenvalue weighted by Crippen LogP contribution is 2.27. The molecule has 0 spiro atoms. The second-order valence-electron chi connectivity index (χ2n) is 6.14. The number of aromatic nitrogens is 3. The molecule has 0 atom stereocenters. The van der Waals surface area contributed by atoms with E-state index >= 15 is 0 Å². The van der Waals surface area contributed by atoms with Crippen molar-refractivity contribution in [2.75, 3.05) is 11.9 Å². The van der Waals surface area contributed by atoms with Crippen molar-refractivity contribution in [3.8, 4) is 0 Å². The van der Waals surface area contributed by atoms with Gasteiger partial charge in [-0.1, -0.05) is 17.3 Å². The molecule has 9 heteroatoms. The summed E-state index contributed by atoms with van der Waals surface area (Å²) in [6, 6.07) is 10.6. The minimum Gasteiger partial charge on any atom is -0.452 e. The minimum atomic E-state index is -0.562. The van der Waals surface area contributed by atoms with E-state index in [1.165, 1.54) is 11.8 Å². The number of aryl methyl sites for hydroxylation is 3. The van der Waals surface area contributed by atoms with Crippen LogP contribution in [0.1, 0.15) is 27.5 Å².